The molecule has 2 unspecified atom stereocenters. The van der Waals surface area contributed by atoms with Crippen molar-refractivity contribution < 1.29 is 42.1 Å². The SMILES string of the molecule is CCCCCCC/C=C\C/C=C\C/C=C\CCC(=O)OCC(COP(=O)([O-])OCC[N+](C)(C)C)OC(=O)CC/C=C\C/C=C\CCCCCCCCCC. The maximum absolute atomic E-state index is 12.6. The molecule has 0 aliphatic heterocycles. The van der Waals surface area contributed by atoms with Crippen LogP contribution in [0.25, 0.3) is 0 Å². The minimum absolute atomic E-state index is 0.0515. The highest BCUT2D eigenvalue weighted by atomic mass is 31.2. The Morgan fingerprint density at radius 1 is 0.574 bits per heavy atom. The van der Waals surface area contributed by atoms with Gasteiger partial charge in [-0.2, -0.15) is 0 Å². The van der Waals surface area contributed by atoms with Crippen molar-refractivity contribution in [2.75, 3.05) is 47.5 Å². The van der Waals surface area contributed by atoms with Gasteiger partial charge in [0.1, 0.15) is 19.8 Å². The number of rotatable bonds is 37. The molecule has 0 saturated carbocycles. The number of ether oxygens (including phenoxy) is 2. The number of phosphoric ester groups is 1. The fraction of sp³-hybridized carbons (Fsp3) is 0.727. The Hall–Kier alpha value is -2.29. The van der Waals surface area contributed by atoms with Crippen LogP contribution in [0.3, 0.4) is 0 Å². The van der Waals surface area contributed by atoms with E-state index in [0.717, 1.165) is 32.1 Å². The number of likely N-dealkylation sites (N-methyl/N-ethyl adjacent to an activating group) is 1. The van der Waals surface area contributed by atoms with E-state index >= 15 is 0 Å². The van der Waals surface area contributed by atoms with E-state index in [1.165, 1.54) is 83.5 Å². The van der Waals surface area contributed by atoms with Gasteiger partial charge in [-0.25, -0.2) is 0 Å². The van der Waals surface area contributed by atoms with Gasteiger partial charge in [-0.15, -0.1) is 0 Å². The summed E-state index contributed by atoms with van der Waals surface area (Å²) in [6.45, 7) is 4.05. The Labute approximate surface area is 330 Å². The van der Waals surface area contributed by atoms with Gasteiger partial charge in [0.2, 0.25) is 0 Å². The highest BCUT2D eigenvalue weighted by Crippen LogP contribution is 2.38. The molecule has 0 aliphatic rings. The van der Waals surface area contributed by atoms with Crippen molar-refractivity contribution in [1.29, 1.82) is 0 Å². The van der Waals surface area contributed by atoms with Crippen LogP contribution in [0.1, 0.15) is 155 Å². The average Bonchev–Trinajstić information content (AvgIpc) is 3.12. The van der Waals surface area contributed by atoms with E-state index in [4.69, 9.17) is 18.5 Å². The van der Waals surface area contributed by atoms with Crippen molar-refractivity contribution in [2.45, 2.75) is 161 Å². The van der Waals surface area contributed by atoms with Gasteiger partial charge in [-0.05, 0) is 57.8 Å². The van der Waals surface area contributed by atoms with Crippen LogP contribution in [0.4, 0.5) is 0 Å². The average molecular weight is 780 g/mol. The molecule has 0 aromatic heterocycles. The van der Waals surface area contributed by atoms with Crippen molar-refractivity contribution >= 4 is 19.8 Å². The lowest BCUT2D eigenvalue weighted by atomic mass is 10.1. The summed E-state index contributed by atoms with van der Waals surface area (Å²) in [4.78, 5) is 37.4. The zero-order valence-electron chi connectivity index (χ0n) is 34.9. The molecule has 0 rings (SSSR count). The van der Waals surface area contributed by atoms with Gasteiger partial charge in [0, 0.05) is 12.8 Å². The van der Waals surface area contributed by atoms with Crippen LogP contribution >= 0.6 is 7.82 Å². The summed E-state index contributed by atoms with van der Waals surface area (Å²) < 4.78 is 33.7. The van der Waals surface area contributed by atoms with Crippen LogP contribution in [0.2, 0.25) is 0 Å². The number of carbonyl (C=O) groups excluding carboxylic acids is 2. The van der Waals surface area contributed by atoms with E-state index in [2.05, 4.69) is 50.3 Å². The summed E-state index contributed by atoms with van der Waals surface area (Å²) in [5.41, 5.74) is 0. The Kier molecular flexibility index (Phi) is 34.8. The second-order valence-electron chi connectivity index (χ2n) is 15.0. The van der Waals surface area contributed by atoms with Crippen LogP contribution in [-0.2, 0) is 32.7 Å². The maximum atomic E-state index is 12.6. The molecule has 2 atom stereocenters. The molecule has 54 heavy (non-hydrogen) atoms. The lowest BCUT2D eigenvalue weighted by molar-refractivity contribution is -0.870. The lowest BCUT2D eigenvalue weighted by Gasteiger charge is -2.28. The molecule has 0 aromatic carbocycles. The van der Waals surface area contributed by atoms with Crippen molar-refractivity contribution in [3.8, 4) is 0 Å². The summed E-state index contributed by atoms with van der Waals surface area (Å²) in [5, 5.41) is 0. The lowest BCUT2D eigenvalue weighted by Crippen LogP contribution is -2.37. The zero-order valence-corrected chi connectivity index (χ0v) is 35.8. The topological polar surface area (TPSA) is 111 Å². The molecule has 0 saturated heterocycles. The van der Waals surface area contributed by atoms with Gasteiger partial charge >= 0.3 is 11.9 Å². The molecule has 0 fully saturated rings. The molecule has 0 N–H and O–H groups in total. The molecule has 0 aliphatic carbocycles. The number of allylic oxidation sites excluding steroid dienone is 10. The number of carbonyl (C=O) groups is 2. The Bertz CT molecular complexity index is 1110. The monoisotopic (exact) mass is 780 g/mol. The van der Waals surface area contributed by atoms with Crippen molar-refractivity contribution in [1.82, 2.24) is 0 Å². The van der Waals surface area contributed by atoms with Crippen LogP contribution in [-0.4, -0.2) is 70.0 Å². The predicted octanol–water partition coefficient (Wildman–Crippen LogP) is 11.1. The largest absolute Gasteiger partial charge is 0.756 e. The first kappa shape index (κ1) is 51.7. The predicted molar refractivity (Wildman–Crippen MR) is 222 cm³/mol. The van der Waals surface area contributed by atoms with Crippen LogP contribution < -0.4 is 4.89 Å². The summed E-state index contributed by atoms with van der Waals surface area (Å²) in [5.74, 6) is -1.01. The molecular formula is C44H78NO8P. The number of esters is 2. The van der Waals surface area contributed by atoms with E-state index in [1.807, 2.05) is 45.4 Å². The zero-order chi connectivity index (χ0) is 40.0. The fourth-order valence-corrected chi connectivity index (χ4v) is 5.93. The first-order chi connectivity index (χ1) is 26.0. The maximum Gasteiger partial charge on any atom is 0.306 e. The molecule has 0 radical (unpaired) electrons. The molecule has 0 aromatic rings. The van der Waals surface area contributed by atoms with E-state index in [-0.39, 0.29) is 26.1 Å². The van der Waals surface area contributed by atoms with Crippen LogP contribution in [0.15, 0.2) is 60.8 Å². The van der Waals surface area contributed by atoms with E-state index in [1.54, 1.807) is 0 Å². The quantitative estimate of drug-likeness (QED) is 0.0201. The third kappa shape index (κ3) is 39.4. The normalized spacial score (nSPS) is 14.3. The fourth-order valence-electron chi connectivity index (χ4n) is 5.21. The molecule has 9 nitrogen and oxygen atoms in total. The highest BCUT2D eigenvalue weighted by Gasteiger charge is 2.21. The Morgan fingerprint density at radius 2 is 1.00 bits per heavy atom. The van der Waals surface area contributed by atoms with Gasteiger partial charge in [0.25, 0.3) is 7.82 Å². The first-order valence-electron chi connectivity index (χ1n) is 21.0. The van der Waals surface area contributed by atoms with Crippen molar-refractivity contribution in [3.63, 3.8) is 0 Å². The van der Waals surface area contributed by atoms with E-state index in [0.29, 0.717) is 23.9 Å². The van der Waals surface area contributed by atoms with Gasteiger partial charge < -0.3 is 27.9 Å². The van der Waals surface area contributed by atoms with Crippen molar-refractivity contribution in [2.24, 2.45) is 0 Å². The summed E-state index contributed by atoms with van der Waals surface area (Å²) in [6.07, 6.45) is 42.8. The standard InChI is InChI=1S/C44H78NO8P/c1-6-8-10-12-14-16-18-20-22-24-26-28-30-32-34-36-43(46)50-40-42(41-52-54(48,49)51-39-38-45(3,4)5)53-44(47)37-35-33-31-29-27-25-23-21-19-17-15-13-11-9-7-2/h18,20,24-27,30-33,42H,6-17,19,21-23,28-29,34-41H2,1-5H3/b20-18-,26-24-,27-25-,32-30-,33-31-. The third-order valence-electron chi connectivity index (χ3n) is 8.54. The van der Waals surface area contributed by atoms with Gasteiger partial charge in [0.15, 0.2) is 6.10 Å². The smallest absolute Gasteiger partial charge is 0.306 e. The summed E-state index contributed by atoms with van der Waals surface area (Å²) in [7, 11) is 1.09. The van der Waals surface area contributed by atoms with Crippen molar-refractivity contribution in [3.05, 3.63) is 60.8 Å². The molecule has 0 heterocycles. The minimum atomic E-state index is -4.65. The van der Waals surface area contributed by atoms with Crippen LogP contribution in [0.5, 0.6) is 0 Å². The molecule has 0 bridgehead atoms. The number of hydrogen-bond donors (Lipinski definition) is 0. The number of unbranched alkanes of at least 4 members (excludes halogenated alkanes) is 13. The Balaban J connectivity index is 4.58. The highest BCUT2D eigenvalue weighted by molar-refractivity contribution is 7.45. The number of quaternary nitrogens is 1. The van der Waals surface area contributed by atoms with Gasteiger partial charge in [-0.1, -0.05) is 145 Å². The van der Waals surface area contributed by atoms with Gasteiger partial charge in [0.05, 0.1) is 27.7 Å². The summed E-state index contributed by atoms with van der Waals surface area (Å²) >= 11 is 0. The second kappa shape index (κ2) is 36.4. The first-order valence-corrected chi connectivity index (χ1v) is 22.5. The second-order valence-corrected chi connectivity index (χ2v) is 16.4. The molecule has 10 heteroatoms. The minimum Gasteiger partial charge on any atom is -0.756 e. The Morgan fingerprint density at radius 3 is 1.48 bits per heavy atom. The van der Waals surface area contributed by atoms with Gasteiger partial charge in [-0.3, -0.25) is 14.2 Å². The van der Waals surface area contributed by atoms with Crippen LogP contribution in [0, 0.1) is 0 Å². The summed E-state index contributed by atoms with van der Waals surface area (Å²) in [6, 6.07) is 0. The number of nitrogens with zero attached hydrogens (tertiary/aromatic N) is 1. The number of hydrogen-bond acceptors (Lipinski definition) is 8. The number of phosphoric acid groups is 1. The molecule has 312 valence electrons. The molecule has 0 amide bonds. The third-order valence-corrected chi connectivity index (χ3v) is 9.50. The molecular weight excluding hydrogens is 701 g/mol. The van der Waals surface area contributed by atoms with E-state index < -0.39 is 32.5 Å². The van der Waals surface area contributed by atoms with E-state index in [9.17, 15) is 19.0 Å². The molecule has 0 spiro atoms.